The Hall–Kier alpha value is -2.22. The van der Waals surface area contributed by atoms with E-state index in [1.807, 2.05) is 25.1 Å². The van der Waals surface area contributed by atoms with Crippen LogP contribution in [0.2, 0.25) is 0 Å². The van der Waals surface area contributed by atoms with Gasteiger partial charge >= 0.3 is 5.97 Å². The molecule has 1 aliphatic heterocycles. The van der Waals surface area contributed by atoms with E-state index in [4.69, 9.17) is 19.3 Å². The molecule has 0 bridgehead atoms. The minimum absolute atomic E-state index is 0.339. The van der Waals surface area contributed by atoms with Gasteiger partial charge in [-0.05, 0) is 60.4 Å². The van der Waals surface area contributed by atoms with Crippen molar-refractivity contribution in [1.29, 1.82) is 0 Å². The first-order chi connectivity index (χ1) is 16.0. The van der Waals surface area contributed by atoms with E-state index < -0.39 is 5.97 Å². The van der Waals surface area contributed by atoms with Gasteiger partial charge in [0.2, 0.25) is 0 Å². The summed E-state index contributed by atoms with van der Waals surface area (Å²) in [6.07, 6.45) is 2.22. The number of carbonyl (C=O) groups is 1. The maximum absolute atomic E-state index is 10.8. The molecule has 0 aromatic heterocycles. The molecule has 0 unspecified atom stereocenters. The maximum atomic E-state index is 10.8. The first-order valence-corrected chi connectivity index (χ1v) is 12.5. The normalized spacial score (nSPS) is 14.4. The topological polar surface area (TPSA) is 68.2 Å². The first-order valence-electron chi connectivity index (χ1n) is 11.7. The Balaban J connectivity index is 1.76. The third-order valence-electron chi connectivity index (χ3n) is 5.82. The summed E-state index contributed by atoms with van der Waals surface area (Å²) in [7, 11) is 0. The molecule has 1 N–H and O–H groups in total. The lowest BCUT2D eigenvalue weighted by molar-refractivity contribution is -0.139. The number of hydrogen-bond donors (Lipinski definition) is 1. The highest BCUT2D eigenvalue weighted by atomic mass is 32.2. The summed E-state index contributed by atoms with van der Waals surface area (Å²) < 4.78 is 17.1. The Morgan fingerprint density at radius 3 is 2.52 bits per heavy atom. The summed E-state index contributed by atoms with van der Waals surface area (Å²) in [5, 5.41) is 8.84. The van der Waals surface area contributed by atoms with Gasteiger partial charge in [0, 0.05) is 29.4 Å². The van der Waals surface area contributed by atoms with Crippen LogP contribution in [0.5, 0.6) is 11.5 Å². The van der Waals surface area contributed by atoms with Crippen molar-refractivity contribution in [2.24, 2.45) is 5.92 Å². The highest BCUT2D eigenvalue weighted by Gasteiger charge is 2.14. The summed E-state index contributed by atoms with van der Waals surface area (Å²) in [6, 6.07) is 12.3. The fourth-order valence-corrected chi connectivity index (χ4v) is 4.77. The standard InChI is InChI=1S/C26H35NO5S/c1-4-20(5-2)17-31-22-13-21(16-27-8-10-30-11-9-27)14-24(15-22)33-23-6-7-25(19(3)12-23)32-18-26(28)29/h6-7,12-15,20H,4-5,8-11,16-18H2,1-3H3,(H,28,29). The summed E-state index contributed by atoms with van der Waals surface area (Å²) in [6.45, 7) is 11.1. The molecule has 0 atom stereocenters. The van der Waals surface area contributed by atoms with Gasteiger partial charge < -0.3 is 19.3 Å². The average Bonchev–Trinajstić information content (AvgIpc) is 2.80. The molecule has 0 amide bonds. The van der Waals surface area contributed by atoms with E-state index in [-0.39, 0.29) is 6.61 Å². The Morgan fingerprint density at radius 2 is 1.85 bits per heavy atom. The predicted molar refractivity (Wildman–Crippen MR) is 131 cm³/mol. The molecule has 33 heavy (non-hydrogen) atoms. The van der Waals surface area contributed by atoms with Crippen LogP contribution in [0.3, 0.4) is 0 Å². The van der Waals surface area contributed by atoms with E-state index in [9.17, 15) is 4.79 Å². The van der Waals surface area contributed by atoms with Gasteiger partial charge in [0.05, 0.1) is 19.8 Å². The van der Waals surface area contributed by atoms with E-state index >= 15 is 0 Å². The second kappa shape index (κ2) is 12.9. The summed E-state index contributed by atoms with van der Waals surface area (Å²) in [5.41, 5.74) is 2.15. The summed E-state index contributed by atoms with van der Waals surface area (Å²) >= 11 is 1.68. The van der Waals surface area contributed by atoms with Gasteiger partial charge in [-0.15, -0.1) is 0 Å². The second-order valence-corrected chi connectivity index (χ2v) is 9.55. The fourth-order valence-electron chi connectivity index (χ4n) is 3.74. The van der Waals surface area contributed by atoms with Gasteiger partial charge in [0.1, 0.15) is 11.5 Å². The number of benzene rings is 2. The van der Waals surface area contributed by atoms with E-state index in [1.165, 1.54) is 5.56 Å². The molecule has 0 spiro atoms. The highest BCUT2D eigenvalue weighted by molar-refractivity contribution is 7.99. The first kappa shape index (κ1) is 25.4. The molecule has 2 aromatic rings. The minimum atomic E-state index is -0.981. The molecule has 0 radical (unpaired) electrons. The van der Waals surface area contributed by atoms with Crippen molar-refractivity contribution in [3.8, 4) is 11.5 Å². The largest absolute Gasteiger partial charge is 0.493 e. The Labute approximate surface area is 201 Å². The van der Waals surface area contributed by atoms with E-state index in [1.54, 1.807) is 11.8 Å². The van der Waals surface area contributed by atoms with E-state index in [0.717, 1.165) is 73.4 Å². The van der Waals surface area contributed by atoms with Crippen molar-refractivity contribution in [1.82, 2.24) is 4.90 Å². The SMILES string of the molecule is CCC(CC)COc1cc(CN2CCOCC2)cc(Sc2ccc(OCC(=O)O)c(C)c2)c1. The average molecular weight is 474 g/mol. The molecular formula is C26H35NO5S. The molecule has 2 aromatic carbocycles. The molecule has 0 aliphatic carbocycles. The number of carboxylic acid groups (broad SMARTS) is 1. The Kier molecular flexibility index (Phi) is 9.91. The highest BCUT2D eigenvalue weighted by Crippen LogP contribution is 2.34. The number of morpholine rings is 1. The lowest BCUT2D eigenvalue weighted by Gasteiger charge is -2.27. The molecule has 180 valence electrons. The van der Waals surface area contributed by atoms with Crippen molar-refractivity contribution in [2.75, 3.05) is 39.5 Å². The van der Waals surface area contributed by atoms with Crippen LogP contribution in [0.4, 0.5) is 0 Å². The smallest absolute Gasteiger partial charge is 0.341 e. The van der Waals surface area contributed by atoms with Crippen LogP contribution >= 0.6 is 11.8 Å². The van der Waals surface area contributed by atoms with Crippen LogP contribution in [0.15, 0.2) is 46.2 Å². The minimum Gasteiger partial charge on any atom is -0.493 e. The molecule has 3 rings (SSSR count). The second-order valence-electron chi connectivity index (χ2n) is 8.41. The Bertz CT molecular complexity index is 910. The zero-order chi connectivity index (χ0) is 23.6. The Morgan fingerprint density at radius 1 is 1.09 bits per heavy atom. The maximum Gasteiger partial charge on any atom is 0.341 e. The molecular weight excluding hydrogens is 438 g/mol. The molecule has 1 saturated heterocycles. The van der Waals surface area contributed by atoms with Crippen LogP contribution in [0.25, 0.3) is 0 Å². The molecule has 7 heteroatoms. The van der Waals surface area contributed by atoms with Crippen molar-refractivity contribution in [3.63, 3.8) is 0 Å². The van der Waals surface area contributed by atoms with Crippen LogP contribution in [0.1, 0.15) is 37.8 Å². The molecule has 0 saturated carbocycles. The van der Waals surface area contributed by atoms with Crippen molar-refractivity contribution in [2.45, 2.75) is 49.9 Å². The van der Waals surface area contributed by atoms with Gasteiger partial charge in [-0.25, -0.2) is 4.79 Å². The van der Waals surface area contributed by atoms with Crippen molar-refractivity contribution in [3.05, 3.63) is 47.5 Å². The third kappa shape index (κ3) is 8.25. The van der Waals surface area contributed by atoms with Gasteiger partial charge in [-0.3, -0.25) is 4.90 Å². The number of ether oxygens (including phenoxy) is 3. The zero-order valence-electron chi connectivity index (χ0n) is 19.8. The van der Waals surface area contributed by atoms with Crippen molar-refractivity contribution < 1.29 is 24.1 Å². The zero-order valence-corrected chi connectivity index (χ0v) is 20.7. The number of carboxylic acids is 1. The van der Waals surface area contributed by atoms with Crippen LogP contribution in [0, 0.1) is 12.8 Å². The van der Waals surface area contributed by atoms with Gasteiger partial charge in [0.15, 0.2) is 6.61 Å². The number of aliphatic carboxylic acids is 1. The van der Waals surface area contributed by atoms with E-state index in [2.05, 4.69) is 36.9 Å². The number of hydrogen-bond acceptors (Lipinski definition) is 6. The van der Waals surface area contributed by atoms with Crippen LogP contribution in [-0.4, -0.2) is 55.5 Å². The fraction of sp³-hybridized carbons (Fsp3) is 0.500. The monoisotopic (exact) mass is 473 g/mol. The number of aryl methyl sites for hydroxylation is 1. The summed E-state index contributed by atoms with van der Waals surface area (Å²) in [4.78, 5) is 15.4. The lowest BCUT2D eigenvalue weighted by Crippen LogP contribution is -2.35. The van der Waals surface area contributed by atoms with Crippen LogP contribution < -0.4 is 9.47 Å². The lowest BCUT2D eigenvalue weighted by atomic mass is 10.1. The molecule has 1 fully saturated rings. The number of rotatable bonds is 12. The van der Waals surface area contributed by atoms with Crippen LogP contribution in [-0.2, 0) is 16.1 Å². The molecule has 1 heterocycles. The van der Waals surface area contributed by atoms with Gasteiger partial charge in [-0.1, -0.05) is 38.5 Å². The molecule has 1 aliphatic rings. The quantitative estimate of drug-likeness (QED) is 0.451. The molecule has 6 nitrogen and oxygen atoms in total. The number of nitrogens with zero attached hydrogens (tertiary/aromatic N) is 1. The van der Waals surface area contributed by atoms with E-state index in [0.29, 0.717) is 11.7 Å². The third-order valence-corrected chi connectivity index (χ3v) is 6.78. The summed E-state index contributed by atoms with van der Waals surface area (Å²) in [5.74, 6) is 1.08. The van der Waals surface area contributed by atoms with Crippen molar-refractivity contribution >= 4 is 17.7 Å². The predicted octanol–water partition coefficient (Wildman–Crippen LogP) is 5.26. The van der Waals surface area contributed by atoms with Gasteiger partial charge in [0.25, 0.3) is 0 Å². The van der Waals surface area contributed by atoms with Gasteiger partial charge in [-0.2, -0.15) is 0 Å².